The van der Waals surface area contributed by atoms with Crippen LogP contribution in [-0.4, -0.2) is 41.6 Å². The molecule has 2 rings (SSSR count). The number of nitrogens with two attached hydrogens (primary N) is 3. The zero-order chi connectivity index (χ0) is 23.8. The summed E-state index contributed by atoms with van der Waals surface area (Å²) in [6.45, 7) is 1.93. The van der Waals surface area contributed by atoms with E-state index in [1.165, 1.54) is 49.9 Å². The predicted molar refractivity (Wildman–Crippen MR) is 125 cm³/mol. The molecule has 1 heterocycles. The number of carbonyl (C=O) groups is 4. The molecule has 1 saturated heterocycles. The smallest absolute Gasteiger partial charge is 0.248 e. The van der Waals surface area contributed by atoms with Crippen molar-refractivity contribution in [3.63, 3.8) is 0 Å². The molecule has 0 aliphatic carbocycles. The van der Waals surface area contributed by atoms with Crippen LogP contribution in [0.25, 0.3) is 0 Å². The van der Waals surface area contributed by atoms with Crippen molar-refractivity contribution >= 4 is 23.6 Å². The lowest BCUT2D eigenvalue weighted by Crippen LogP contribution is -2.31. The summed E-state index contributed by atoms with van der Waals surface area (Å²) < 4.78 is 0. The summed E-state index contributed by atoms with van der Waals surface area (Å²) in [6.07, 6.45) is 12.5. The van der Waals surface area contributed by atoms with Gasteiger partial charge in [-0.15, -0.1) is 0 Å². The molecule has 0 atom stereocenters. The Bertz CT molecular complexity index is 693. The Morgan fingerprint density at radius 3 is 1.44 bits per heavy atom. The van der Waals surface area contributed by atoms with E-state index in [-0.39, 0.29) is 5.91 Å². The van der Waals surface area contributed by atoms with Crippen molar-refractivity contribution < 1.29 is 19.2 Å². The number of nitrogens with zero attached hydrogens (tertiary/aromatic N) is 1. The lowest BCUT2D eigenvalue weighted by Gasteiger charge is -2.20. The van der Waals surface area contributed by atoms with Crippen molar-refractivity contribution in [2.45, 2.75) is 77.0 Å². The largest absolute Gasteiger partial charge is 0.370 e. The quantitative estimate of drug-likeness (QED) is 0.448. The van der Waals surface area contributed by atoms with Crippen LogP contribution < -0.4 is 17.2 Å². The summed E-state index contributed by atoms with van der Waals surface area (Å²) in [4.78, 5) is 45.8. The molecule has 0 aromatic heterocycles. The van der Waals surface area contributed by atoms with Crippen LogP contribution in [0.5, 0.6) is 0 Å². The van der Waals surface area contributed by atoms with Gasteiger partial charge in [0, 0.05) is 37.1 Å². The highest BCUT2D eigenvalue weighted by molar-refractivity contribution is 5.96. The zero-order valence-electron chi connectivity index (χ0n) is 19.0. The fraction of sp³-hybridized carbons (Fsp3) is 0.583. The molecule has 0 radical (unpaired) electrons. The molecule has 8 nitrogen and oxygen atoms in total. The maximum atomic E-state index is 12.0. The van der Waals surface area contributed by atoms with Gasteiger partial charge in [-0.3, -0.25) is 19.2 Å². The first-order valence-corrected chi connectivity index (χ1v) is 11.6. The third-order valence-electron chi connectivity index (χ3n) is 5.48. The molecule has 1 aromatic rings. The van der Waals surface area contributed by atoms with Crippen molar-refractivity contribution in [3.05, 3.63) is 35.4 Å². The fourth-order valence-electron chi connectivity index (χ4n) is 3.56. The van der Waals surface area contributed by atoms with Crippen molar-refractivity contribution in [1.29, 1.82) is 0 Å². The van der Waals surface area contributed by atoms with E-state index in [1.54, 1.807) is 0 Å². The van der Waals surface area contributed by atoms with Crippen LogP contribution in [0.15, 0.2) is 24.3 Å². The van der Waals surface area contributed by atoms with Gasteiger partial charge in [0.2, 0.25) is 23.6 Å². The normalized spacial score (nSPS) is 13.4. The second-order valence-corrected chi connectivity index (χ2v) is 8.19. The van der Waals surface area contributed by atoms with Crippen LogP contribution >= 0.6 is 0 Å². The second-order valence-electron chi connectivity index (χ2n) is 8.19. The molecule has 6 N–H and O–H groups in total. The number of carbonyl (C=O) groups excluding carboxylic acids is 4. The predicted octanol–water partition coefficient (Wildman–Crippen LogP) is 2.88. The van der Waals surface area contributed by atoms with E-state index in [0.29, 0.717) is 29.9 Å². The highest BCUT2D eigenvalue weighted by atomic mass is 16.2. The minimum atomic E-state index is -0.522. The van der Waals surface area contributed by atoms with Gasteiger partial charge in [-0.2, -0.15) is 0 Å². The highest BCUT2D eigenvalue weighted by Gasteiger charge is 2.14. The number of hydrogen-bond donors (Lipinski definition) is 3. The first kappa shape index (κ1) is 27.1. The standard InChI is InChI=1S/C16H30N2O2.C8H8N2O2/c17-15(19)11-7-3-1-2-4-8-12-16(20)18-13-9-5-6-10-14-18;9-7(11)5-1-2-6(4-3-5)8(10)12/h1-14H2,(H2,17,19);1-4H,(H2,9,11)(H2,10,12). The lowest BCUT2D eigenvalue weighted by molar-refractivity contribution is -0.131. The summed E-state index contributed by atoms with van der Waals surface area (Å²) in [5.74, 6) is -0.897. The van der Waals surface area contributed by atoms with E-state index >= 15 is 0 Å². The Kier molecular flexibility index (Phi) is 13.4. The molecule has 32 heavy (non-hydrogen) atoms. The van der Waals surface area contributed by atoms with Gasteiger partial charge in [0.15, 0.2) is 0 Å². The number of amides is 4. The van der Waals surface area contributed by atoms with Crippen LogP contribution in [0.2, 0.25) is 0 Å². The Hall–Kier alpha value is -2.90. The van der Waals surface area contributed by atoms with Gasteiger partial charge in [-0.25, -0.2) is 0 Å². The molecule has 1 aromatic carbocycles. The molecule has 1 aliphatic rings. The van der Waals surface area contributed by atoms with Crippen molar-refractivity contribution in [2.75, 3.05) is 13.1 Å². The summed E-state index contributed by atoms with van der Waals surface area (Å²) in [7, 11) is 0. The van der Waals surface area contributed by atoms with Gasteiger partial charge in [0.25, 0.3) is 0 Å². The third-order valence-corrected chi connectivity index (χ3v) is 5.48. The maximum absolute atomic E-state index is 12.0. The minimum Gasteiger partial charge on any atom is -0.370 e. The fourth-order valence-corrected chi connectivity index (χ4v) is 3.56. The van der Waals surface area contributed by atoms with Crippen LogP contribution in [0.3, 0.4) is 0 Å². The number of likely N-dealkylation sites (tertiary alicyclic amines) is 1. The van der Waals surface area contributed by atoms with Gasteiger partial charge in [0.1, 0.15) is 0 Å². The summed E-state index contributed by atoms with van der Waals surface area (Å²) in [6, 6.07) is 5.84. The Balaban J connectivity index is 0.000000363. The van der Waals surface area contributed by atoms with Crippen LogP contribution in [0.1, 0.15) is 97.8 Å². The zero-order valence-corrected chi connectivity index (χ0v) is 19.0. The summed E-state index contributed by atoms with van der Waals surface area (Å²) in [5.41, 5.74) is 15.8. The molecule has 0 spiro atoms. The van der Waals surface area contributed by atoms with E-state index in [0.717, 1.165) is 51.6 Å². The number of hydrogen-bond acceptors (Lipinski definition) is 4. The number of unbranched alkanes of at least 4 members (excludes halogenated alkanes) is 5. The second kappa shape index (κ2) is 15.8. The lowest BCUT2D eigenvalue weighted by atomic mass is 10.1. The molecule has 8 heteroatoms. The van der Waals surface area contributed by atoms with Crippen LogP contribution in [-0.2, 0) is 9.59 Å². The SMILES string of the molecule is NC(=O)CCCCCCCCC(=O)N1CCCCCC1.NC(=O)c1ccc(C(N)=O)cc1. The van der Waals surface area contributed by atoms with Gasteiger partial charge >= 0.3 is 0 Å². The molecular formula is C24H38N4O4. The number of primary amides is 3. The van der Waals surface area contributed by atoms with E-state index < -0.39 is 11.8 Å². The Morgan fingerprint density at radius 1 is 0.625 bits per heavy atom. The van der Waals surface area contributed by atoms with E-state index in [2.05, 4.69) is 4.90 Å². The highest BCUT2D eigenvalue weighted by Crippen LogP contribution is 2.13. The average molecular weight is 447 g/mol. The Morgan fingerprint density at radius 2 is 1.03 bits per heavy atom. The number of rotatable bonds is 11. The van der Waals surface area contributed by atoms with Crippen LogP contribution in [0, 0.1) is 0 Å². The summed E-state index contributed by atoms with van der Waals surface area (Å²) in [5, 5.41) is 0. The maximum Gasteiger partial charge on any atom is 0.248 e. The molecule has 4 amide bonds. The van der Waals surface area contributed by atoms with Crippen molar-refractivity contribution in [3.8, 4) is 0 Å². The van der Waals surface area contributed by atoms with Crippen LogP contribution in [0.4, 0.5) is 0 Å². The van der Waals surface area contributed by atoms with Gasteiger partial charge < -0.3 is 22.1 Å². The first-order chi connectivity index (χ1) is 15.3. The molecule has 0 bridgehead atoms. The monoisotopic (exact) mass is 446 g/mol. The van der Waals surface area contributed by atoms with E-state index in [1.807, 2.05) is 0 Å². The van der Waals surface area contributed by atoms with E-state index in [9.17, 15) is 19.2 Å². The number of benzene rings is 1. The van der Waals surface area contributed by atoms with Gasteiger partial charge in [0.05, 0.1) is 0 Å². The molecular weight excluding hydrogens is 408 g/mol. The van der Waals surface area contributed by atoms with Gasteiger partial charge in [-0.05, 0) is 49.9 Å². The Labute approximate surface area is 190 Å². The third kappa shape index (κ3) is 12.1. The molecule has 178 valence electrons. The summed E-state index contributed by atoms with van der Waals surface area (Å²) >= 11 is 0. The van der Waals surface area contributed by atoms with Gasteiger partial charge in [-0.1, -0.05) is 38.5 Å². The first-order valence-electron chi connectivity index (χ1n) is 11.6. The molecule has 0 saturated carbocycles. The molecule has 1 fully saturated rings. The van der Waals surface area contributed by atoms with Crippen molar-refractivity contribution in [1.82, 2.24) is 4.90 Å². The van der Waals surface area contributed by atoms with Crippen molar-refractivity contribution in [2.24, 2.45) is 17.2 Å². The minimum absolute atomic E-state index is 0.201. The van der Waals surface area contributed by atoms with E-state index in [4.69, 9.17) is 17.2 Å². The topological polar surface area (TPSA) is 150 Å². The molecule has 0 unspecified atom stereocenters. The average Bonchev–Trinajstić information content (AvgIpc) is 3.05. The molecule has 1 aliphatic heterocycles.